The Hall–Kier alpha value is -2.59. The molecule has 1 saturated carbocycles. The number of benzene rings is 2. The molecule has 1 amide bonds. The second kappa shape index (κ2) is 11.5. The van der Waals surface area contributed by atoms with Crippen molar-refractivity contribution in [2.75, 3.05) is 31.7 Å². The van der Waals surface area contributed by atoms with Crippen LogP contribution in [0.2, 0.25) is 5.02 Å². The van der Waals surface area contributed by atoms with Crippen LogP contribution in [-0.4, -0.2) is 63.7 Å². The number of fused-ring (bicyclic) bond motifs is 4. The average Bonchev–Trinajstić information content (AvgIpc) is 3.09. The summed E-state index contributed by atoms with van der Waals surface area (Å²) >= 11 is 6.38. The van der Waals surface area contributed by atoms with Crippen molar-refractivity contribution in [1.82, 2.24) is 4.72 Å². The van der Waals surface area contributed by atoms with E-state index >= 15 is 0 Å². The minimum atomic E-state index is -4.05. The first-order chi connectivity index (χ1) is 20.1. The summed E-state index contributed by atoms with van der Waals surface area (Å²) in [6.45, 7) is 3.39. The van der Waals surface area contributed by atoms with Gasteiger partial charge in [-0.3, -0.25) is 4.79 Å². The van der Waals surface area contributed by atoms with Crippen LogP contribution in [0.25, 0.3) is 0 Å². The van der Waals surface area contributed by atoms with Gasteiger partial charge in [0.2, 0.25) is 10.0 Å². The zero-order valence-corrected chi connectivity index (χ0v) is 25.7. The maximum Gasteiger partial charge on any atom is 0.264 e. The molecule has 2 heterocycles. The molecule has 226 valence electrons. The quantitative estimate of drug-likeness (QED) is 0.452. The Labute approximate surface area is 253 Å². The third kappa shape index (κ3) is 5.45. The zero-order valence-electron chi connectivity index (χ0n) is 24.1. The van der Waals surface area contributed by atoms with E-state index in [4.69, 9.17) is 21.1 Å². The minimum Gasteiger partial charge on any atom is -0.490 e. The number of carbonyl (C=O) groups excluding carboxylic acids is 1. The first-order valence-electron chi connectivity index (χ1n) is 14.8. The topological polar surface area (TPSA) is 105 Å². The van der Waals surface area contributed by atoms with Gasteiger partial charge in [-0.15, -0.1) is 0 Å². The van der Waals surface area contributed by atoms with Gasteiger partial charge in [-0.1, -0.05) is 29.8 Å². The number of nitrogens with one attached hydrogen (secondary N) is 1. The van der Waals surface area contributed by atoms with Crippen molar-refractivity contribution in [1.29, 1.82) is 0 Å². The fraction of sp³-hybridized carbons (Fsp3) is 0.531. The number of aryl methyl sites for hydroxylation is 1. The Balaban J connectivity index is 1.42. The highest BCUT2D eigenvalue weighted by molar-refractivity contribution is 7.90. The van der Waals surface area contributed by atoms with E-state index in [1.165, 1.54) is 25.2 Å². The van der Waals surface area contributed by atoms with E-state index in [2.05, 4.69) is 21.8 Å². The van der Waals surface area contributed by atoms with Crippen molar-refractivity contribution >= 4 is 33.2 Å². The molecule has 0 radical (unpaired) electrons. The van der Waals surface area contributed by atoms with Crippen LogP contribution in [0.4, 0.5) is 5.69 Å². The molecule has 2 aliphatic heterocycles. The number of hydrogen-bond donors (Lipinski definition) is 2. The number of sulfonamides is 1. The standard InChI is InChI=1S/C32H39ClN2O6S/c1-20-29(40-2)7-3-6-28(36)25-11-8-23(25)17-35-18-32(14-4-5-21-15-24(33)10-12-26(21)32)19-41-30-13-9-22(16-27(30)35)31(37)34-42(20,38)39/h3,6,9-10,12-13,15-16,20,23,25,28-29,36H,4-5,7-8,11,14,17-19H2,1-2H3,(H,34,37)/t20?,23-,25?,28?,29?,32?/m1/s1. The van der Waals surface area contributed by atoms with Gasteiger partial charge in [-0.05, 0) is 98.7 Å². The molecule has 10 heteroatoms. The lowest BCUT2D eigenvalue weighted by Gasteiger charge is -2.45. The minimum absolute atomic E-state index is 0.0869. The maximum atomic E-state index is 13.3. The van der Waals surface area contributed by atoms with Gasteiger partial charge in [0, 0.05) is 36.2 Å². The van der Waals surface area contributed by atoms with Crippen LogP contribution in [0.3, 0.4) is 0 Å². The molecule has 0 aromatic heterocycles. The highest BCUT2D eigenvalue weighted by Crippen LogP contribution is 2.46. The van der Waals surface area contributed by atoms with Crippen LogP contribution in [0.5, 0.6) is 5.75 Å². The molecule has 1 spiro atoms. The number of aliphatic hydroxyl groups excluding tert-OH is 1. The molecular weight excluding hydrogens is 576 g/mol. The van der Waals surface area contributed by atoms with Gasteiger partial charge in [-0.2, -0.15) is 0 Å². The SMILES string of the molecule is COC1CC=CC(O)C2CC[C@@H]2CN2CC3(CCCc4cc(Cl)ccc43)COc3ccc(cc32)C(=O)NS(=O)(=O)C1C. The summed E-state index contributed by atoms with van der Waals surface area (Å²) in [6, 6.07) is 11.3. The van der Waals surface area contributed by atoms with E-state index in [9.17, 15) is 18.3 Å². The Morgan fingerprint density at radius 3 is 2.79 bits per heavy atom. The number of rotatable bonds is 1. The lowest BCUT2D eigenvalue weighted by Crippen LogP contribution is -2.49. The molecular formula is C32H39ClN2O6S. The van der Waals surface area contributed by atoms with Crippen LogP contribution in [0.15, 0.2) is 48.6 Å². The predicted molar refractivity (Wildman–Crippen MR) is 163 cm³/mol. The number of ether oxygens (including phenoxy) is 2. The zero-order chi connectivity index (χ0) is 29.6. The van der Waals surface area contributed by atoms with Crippen LogP contribution < -0.4 is 14.4 Å². The van der Waals surface area contributed by atoms with E-state index in [0.717, 1.165) is 42.8 Å². The highest BCUT2D eigenvalue weighted by Gasteiger charge is 2.44. The van der Waals surface area contributed by atoms with Gasteiger partial charge in [0.25, 0.3) is 5.91 Å². The number of hydrogen-bond acceptors (Lipinski definition) is 7. The predicted octanol–water partition coefficient (Wildman–Crippen LogP) is 4.62. The summed E-state index contributed by atoms with van der Waals surface area (Å²) in [5.41, 5.74) is 3.23. The van der Waals surface area contributed by atoms with Gasteiger partial charge in [-0.25, -0.2) is 13.1 Å². The number of anilines is 1. The third-order valence-corrected chi connectivity index (χ3v) is 11.9. The highest BCUT2D eigenvalue weighted by atomic mass is 35.5. The Morgan fingerprint density at radius 2 is 2.02 bits per heavy atom. The van der Waals surface area contributed by atoms with Crippen LogP contribution in [-0.2, 0) is 26.6 Å². The first kappa shape index (κ1) is 29.5. The molecule has 2 N–H and O–H groups in total. The number of carbonyl (C=O) groups is 1. The van der Waals surface area contributed by atoms with Crippen molar-refractivity contribution in [3.8, 4) is 5.75 Å². The number of methoxy groups -OCH3 is 1. The van der Waals surface area contributed by atoms with E-state index < -0.39 is 33.4 Å². The molecule has 2 aliphatic carbocycles. The molecule has 6 atom stereocenters. The summed E-state index contributed by atoms with van der Waals surface area (Å²) in [6.07, 6.45) is 7.41. The van der Waals surface area contributed by atoms with Crippen molar-refractivity contribution in [2.24, 2.45) is 11.8 Å². The lowest BCUT2D eigenvalue weighted by molar-refractivity contribution is 0.0452. The fourth-order valence-corrected chi connectivity index (χ4v) is 8.64. The van der Waals surface area contributed by atoms with Crippen molar-refractivity contribution in [3.63, 3.8) is 0 Å². The molecule has 2 aromatic rings. The molecule has 1 fully saturated rings. The molecule has 42 heavy (non-hydrogen) atoms. The summed E-state index contributed by atoms with van der Waals surface area (Å²) < 4.78 is 40.7. The van der Waals surface area contributed by atoms with Gasteiger partial charge in [0.15, 0.2) is 0 Å². The fourth-order valence-electron chi connectivity index (χ4n) is 7.26. The van der Waals surface area contributed by atoms with Gasteiger partial charge in [0.1, 0.15) is 11.0 Å². The van der Waals surface area contributed by atoms with Crippen molar-refractivity contribution in [3.05, 3.63) is 70.3 Å². The van der Waals surface area contributed by atoms with E-state index in [1.807, 2.05) is 6.07 Å². The molecule has 4 aliphatic rings. The Morgan fingerprint density at radius 1 is 1.19 bits per heavy atom. The molecule has 8 nitrogen and oxygen atoms in total. The third-order valence-electron chi connectivity index (χ3n) is 9.92. The first-order valence-corrected chi connectivity index (χ1v) is 16.8. The maximum absolute atomic E-state index is 13.3. The van der Waals surface area contributed by atoms with Gasteiger partial charge >= 0.3 is 0 Å². The molecule has 2 aromatic carbocycles. The summed E-state index contributed by atoms with van der Waals surface area (Å²) in [7, 11) is -2.59. The number of aliphatic hydroxyl groups is 1. The second-order valence-electron chi connectivity index (χ2n) is 12.4. The normalized spacial score (nSPS) is 32.5. The number of amides is 1. The van der Waals surface area contributed by atoms with Gasteiger partial charge in [0.05, 0.1) is 24.5 Å². The summed E-state index contributed by atoms with van der Waals surface area (Å²) in [5, 5.41) is 10.9. The smallest absolute Gasteiger partial charge is 0.264 e. The van der Waals surface area contributed by atoms with Gasteiger partial charge < -0.3 is 19.5 Å². The number of halogens is 1. The van der Waals surface area contributed by atoms with E-state index in [0.29, 0.717) is 31.9 Å². The molecule has 6 rings (SSSR count). The molecule has 2 bridgehead atoms. The van der Waals surface area contributed by atoms with Crippen LogP contribution >= 0.6 is 11.6 Å². The molecule has 0 saturated heterocycles. The Bertz CT molecular complexity index is 1500. The largest absolute Gasteiger partial charge is 0.490 e. The van der Waals surface area contributed by atoms with E-state index in [1.54, 1.807) is 30.4 Å². The number of nitrogens with zero attached hydrogens (tertiary/aromatic N) is 1. The average molecular weight is 615 g/mol. The van der Waals surface area contributed by atoms with Crippen LogP contribution in [0, 0.1) is 11.8 Å². The molecule has 5 unspecified atom stereocenters. The van der Waals surface area contributed by atoms with Crippen molar-refractivity contribution < 1.29 is 27.8 Å². The summed E-state index contributed by atoms with van der Waals surface area (Å²) in [4.78, 5) is 15.7. The second-order valence-corrected chi connectivity index (χ2v) is 14.9. The van der Waals surface area contributed by atoms with Crippen molar-refractivity contribution in [2.45, 2.75) is 68.3 Å². The summed E-state index contributed by atoms with van der Waals surface area (Å²) in [5.74, 6) is 0.320. The monoisotopic (exact) mass is 614 g/mol. The van der Waals surface area contributed by atoms with E-state index in [-0.39, 0.29) is 22.8 Å². The Kier molecular flexibility index (Phi) is 8.06. The lowest BCUT2D eigenvalue weighted by atomic mass is 9.68. The van der Waals surface area contributed by atoms with Crippen LogP contribution in [0.1, 0.15) is 60.5 Å².